The van der Waals surface area contributed by atoms with Gasteiger partial charge in [0.2, 0.25) is 0 Å². The van der Waals surface area contributed by atoms with Gasteiger partial charge in [0.25, 0.3) is 0 Å². The number of benzene rings is 1. The lowest BCUT2D eigenvalue weighted by Crippen LogP contribution is -2.29. The lowest BCUT2D eigenvalue weighted by molar-refractivity contribution is -0.135. The van der Waals surface area contributed by atoms with Crippen LogP contribution in [0.4, 0.5) is 5.69 Å². The molecule has 1 N–H and O–H groups in total. The van der Waals surface area contributed by atoms with Gasteiger partial charge >= 0.3 is 5.97 Å². The van der Waals surface area contributed by atoms with Gasteiger partial charge < -0.3 is 10.0 Å². The van der Waals surface area contributed by atoms with Crippen molar-refractivity contribution in [2.75, 3.05) is 11.4 Å². The van der Waals surface area contributed by atoms with E-state index in [4.69, 9.17) is 16.7 Å². The van der Waals surface area contributed by atoms with Gasteiger partial charge in [-0.25, -0.2) is 0 Å². The summed E-state index contributed by atoms with van der Waals surface area (Å²) < 4.78 is 1.73. The summed E-state index contributed by atoms with van der Waals surface area (Å²) in [7, 11) is 1.85. The monoisotopic (exact) mass is 293 g/mol. The predicted molar refractivity (Wildman–Crippen MR) is 78.1 cm³/mol. The molecule has 1 aromatic heterocycles. The van der Waals surface area contributed by atoms with Crippen molar-refractivity contribution in [2.45, 2.75) is 13.5 Å². The van der Waals surface area contributed by atoms with E-state index in [0.717, 1.165) is 16.9 Å². The molecule has 0 aliphatic carbocycles. The van der Waals surface area contributed by atoms with Crippen molar-refractivity contribution in [3.63, 3.8) is 0 Å². The van der Waals surface area contributed by atoms with Crippen molar-refractivity contribution in [1.29, 1.82) is 0 Å². The average molecular weight is 294 g/mol. The number of halogens is 1. The SMILES string of the molecule is Cc1nn(C)cc1CN(CC(=O)O)c1ccc(Cl)cc1. The molecule has 0 bridgehead atoms. The fraction of sp³-hybridized carbons (Fsp3) is 0.286. The Labute approximate surface area is 122 Å². The first-order valence-corrected chi connectivity index (χ1v) is 6.55. The lowest BCUT2D eigenvalue weighted by atomic mass is 10.2. The van der Waals surface area contributed by atoms with Crippen LogP contribution in [0.2, 0.25) is 5.02 Å². The highest BCUT2D eigenvalue weighted by molar-refractivity contribution is 6.30. The Morgan fingerprint density at radius 3 is 2.55 bits per heavy atom. The second-order valence-corrected chi connectivity index (χ2v) is 5.08. The number of hydrogen-bond donors (Lipinski definition) is 1. The van der Waals surface area contributed by atoms with E-state index in [9.17, 15) is 4.79 Å². The van der Waals surface area contributed by atoms with Crippen LogP contribution in [0.25, 0.3) is 0 Å². The summed E-state index contributed by atoms with van der Waals surface area (Å²) in [6.07, 6.45) is 1.90. The first-order valence-electron chi connectivity index (χ1n) is 6.17. The second kappa shape index (κ2) is 5.96. The summed E-state index contributed by atoms with van der Waals surface area (Å²) in [4.78, 5) is 12.8. The minimum atomic E-state index is -0.874. The molecule has 6 heteroatoms. The molecule has 0 radical (unpaired) electrons. The third kappa shape index (κ3) is 3.51. The van der Waals surface area contributed by atoms with Gasteiger partial charge in [-0.15, -0.1) is 0 Å². The van der Waals surface area contributed by atoms with E-state index in [1.807, 2.05) is 32.3 Å². The molecular weight excluding hydrogens is 278 g/mol. The molecule has 0 spiro atoms. The van der Waals surface area contributed by atoms with E-state index < -0.39 is 5.97 Å². The summed E-state index contributed by atoms with van der Waals surface area (Å²) >= 11 is 5.86. The smallest absolute Gasteiger partial charge is 0.323 e. The number of rotatable bonds is 5. The molecule has 2 aromatic rings. The maximum atomic E-state index is 11.0. The van der Waals surface area contributed by atoms with Gasteiger partial charge in [0.1, 0.15) is 6.54 Å². The topological polar surface area (TPSA) is 58.4 Å². The average Bonchev–Trinajstić information content (AvgIpc) is 2.67. The van der Waals surface area contributed by atoms with E-state index in [1.54, 1.807) is 21.7 Å². The Bertz CT molecular complexity index is 607. The molecule has 5 nitrogen and oxygen atoms in total. The summed E-state index contributed by atoms with van der Waals surface area (Å²) in [5, 5.41) is 14.0. The largest absolute Gasteiger partial charge is 0.480 e. The van der Waals surface area contributed by atoms with Crippen LogP contribution in [0.3, 0.4) is 0 Å². The fourth-order valence-corrected chi connectivity index (χ4v) is 2.19. The number of aliphatic carboxylic acids is 1. The van der Waals surface area contributed by atoms with Crippen LogP contribution in [-0.4, -0.2) is 27.4 Å². The predicted octanol–water partition coefficient (Wildman–Crippen LogP) is 2.47. The third-order valence-electron chi connectivity index (χ3n) is 2.99. The van der Waals surface area contributed by atoms with Crippen LogP contribution >= 0.6 is 11.6 Å². The number of anilines is 1. The van der Waals surface area contributed by atoms with Gasteiger partial charge in [0, 0.05) is 36.1 Å². The molecule has 0 aliphatic rings. The van der Waals surface area contributed by atoms with Crippen LogP contribution in [0.15, 0.2) is 30.5 Å². The van der Waals surface area contributed by atoms with Crippen LogP contribution in [0.5, 0.6) is 0 Å². The van der Waals surface area contributed by atoms with Crippen molar-refractivity contribution >= 4 is 23.3 Å². The third-order valence-corrected chi connectivity index (χ3v) is 3.25. The highest BCUT2D eigenvalue weighted by atomic mass is 35.5. The van der Waals surface area contributed by atoms with Crippen LogP contribution in [0, 0.1) is 6.92 Å². The van der Waals surface area contributed by atoms with E-state index in [1.165, 1.54) is 0 Å². The zero-order valence-corrected chi connectivity index (χ0v) is 12.1. The molecule has 0 unspecified atom stereocenters. The van der Waals surface area contributed by atoms with Crippen molar-refractivity contribution in [3.8, 4) is 0 Å². The Morgan fingerprint density at radius 1 is 1.40 bits per heavy atom. The summed E-state index contributed by atoms with van der Waals surface area (Å²) in [5.41, 5.74) is 2.72. The molecule has 0 saturated carbocycles. The first kappa shape index (κ1) is 14.4. The second-order valence-electron chi connectivity index (χ2n) is 4.64. The van der Waals surface area contributed by atoms with E-state index in [-0.39, 0.29) is 6.54 Å². The zero-order valence-electron chi connectivity index (χ0n) is 11.4. The Morgan fingerprint density at radius 2 is 2.05 bits per heavy atom. The van der Waals surface area contributed by atoms with Gasteiger partial charge in [0.05, 0.1) is 5.69 Å². The number of aryl methyl sites for hydroxylation is 2. The quantitative estimate of drug-likeness (QED) is 0.920. The Hall–Kier alpha value is -2.01. The highest BCUT2D eigenvalue weighted by Gasteiger charge is 2.14. The van der Waals surface area contributed by atoms with E-state index in [0.29, 0.717) is 11.6 Å². The standard InChI is InChI=1S/C14H16ClN3O2/c1-10-11(7-17(2)16-10)8-18(9-14(19)20)13-5-3-12(15)4-6-13/h3-7H,8-9H2,1-2H3,(H,19,20). The van der Waals surface area contributed by atoms with E-state index in [2.05, 4.69) is 5.10 Å². The number of nitrogens with zero attached hydrogens (tertiary/aromatic N) is 3. The number of carbonyl (C=O) groups is 1. The maximum Gasteiger partial charge on any atom is 0.323 e. The summed E-state index contributed by atoms with van der Waals surface area (Å²) in [6, 6.07) is 7.14. The fourth-order valence-electron chi connectivity index (χ4n) is 2.06. The molecule has 20 heavy (non-hydrogen) atoms. The molecule has 0 amide bonds. The van der Waals surface area contributed by atoms with Crippen molar-refractivity contribution in [1.82, 2.24) is 9.78 Å². The van der Waals surface area contributed by atoms with Gasteiger partial charge in [-0.05, 0) is 31.2 Å². The van der Waals surface area contributed by atoms with Crippen LogP contribution < -0.4 is 4.90 Å². The molecule has 106 valence electrons. The number of hydrogen-bond acceptors (Lipinski definition) is 3. The van der Waals surface area contributed by atoms with Gasteiger partial charge in [0.15, 0.2) is 0 Å². The highest BCUT2D eigenvalue weighted by Crippen LogP contribution is 2.20. The van der Waals surface area contributed by atoms with Crippen LogP contribution in [-0.2, 0) is 18.4 Å². The summed E-state index contributed by atoms with van der Waals surface area (Å²) in [6.45, 7) is 2.33. The van der Waals surface area contributed by atoms with Crippen LogP contribution in [0.1, 0.15) is 11.3 Å². The number of carboxylic acid groups (broad SMARTS) is 1. The number of aromatic nitrogens is 2. The van der Waals surface area contributed by atoms with Crippen molar-refractivity contribution in [2.24, 2.45) is 7.05 Å². The van der Waals surface area contributed by atoms with Crippen molar-refractivity contribution < 1.29 is 9.90 Å². The number of carboxylic acids is 1. The molecule has 2 rings (SSSR count). The summed E-state index contributed by atoms with van der Waals surface area (Å²) in [5.74, 6) is -0.874. The van der Waals surface area contributed by atoms with E-state index >= 15 is 0 Å². The molecule has 0 fully saturated rings. The normalized spacial score (nSPS) is 10.6. The minimum Gasteiger partial charge on any atom is -0.480 e. The molecular formula is C14H16ClN3O2. The minimum absolute atomic E-state index is 0.0734. The molecule has 0 atom stereocenters. The molecule has 1 heterocycles. The van der Waals surface area contributed by atoms with Gasteiger partial charge in [-0.3, -0.25) is 9.48 Å². The lowest BCUT2D eigenvalue weighted by Gasteiger charge is -2.22. The molecule has 1 aromatic carbocycles. The van der Waals surface area contributed by atoms with Gasteiger partial charge in [-0.2, -0.15) is 5.10 Å². The molecule has 0 saturated heterocycles. The zero-order chi connectivity index (χ0) is 14.7. The maximum absolute atomic E-state index is 11.0. The first-order chi connectivity index (χ1) is 9.45. The Kier molecular flexibility index (Phi) is 4.29. The van der Waals surface area contributed by atoms with Crippen molar-refractivity contribution in [3.05, 3.63) is 46.7 Å². The Balaban J connectivity index is 2.25. The van der Waals surface area contributed by atoms with Gasteiger partial charge in [-0.1, -0.05) is 11.6 Å². The molecule has 0 aliphatic heterocycles.